The van der Waals surface area contributed by atoms with Crippen molar-refractivity contribution in [2.24, 2.45) is 13.0 Å². The highest BCUT2D eigenvalue weighted by Crippen LogP contribution is 2.28. The summed E-state index contributed by atoms with van der Waals surface area (Å²) in [5.74, 6) is 0.140. The molecule has 5 nitrogen and oxygen atoms in total. The molecule has 4 heterocycles. The fourth-order valence-corrected chi connectivity index (χ4v) is 5.57. The topological polar surface area (TPSA) is 45.6 Å². The van der Waals surface area contributed by atoms with Crippen LogP contribution in [0.4, 0.5) is 0 Å². The number of benzene rings is 1. The van der Waals surface area contributed by atoms with Crippen molar-refractivity contribution in [2.45, 2.75) is 25.8 Å². The zero-order chi connectivity index (χ0) is 20.0. The Morgan fingerprint density at radius 2 is 1.90 bits per heavy atom. The van der Waals surface area contributed by atoms with Crippen molar-refractivity contribution in [1.29, 1.82) is 0 Å². The largest absolute Gasteiger partial charge is 0.339 e. The van der Waals surface area contributed by atoms with Gasteiger partial charge in [0.1, 0.15) is 5.69 Å². The van der Waals surface area contributed by atoms with Crippen molar-refractivity contribution in [3.05, 3.63) is 58.6 Å². The number of thiophene rings is 1. The minimum absolute atomic E-state index is 0.0392. The van der Waals surface area contributed by atoms with Gasteiger partial charge in [-0.2, -0.15) is 0 Å². The Bertz CT molecular complexity index is 1080. The highest BCUT2D eigenvalue weighted by molar-refractivity contribution is 7.17. The second-order valence-corrected chi connectivity index (χ2v) is 9.08. The van der Waals surface area contributed by atoms with E-state index >= 15 is 0 Å². The molecule has 0 bridgehead atoms. The number of likely N-dealkylation sites (tertiary alicyclic amines) is 1. The van der Waals surface area contributed by atoms with Crippen molar-refractivity contribution >= 4 is 33.4 Å². The Morgan fingerprint density at radius 1 is 1.07 bits per heavy atom. The van der Waals surface area contributed by atoms with Gasteiger partial charge in [-0.25, -0.2) is 0 Å². The van der Waals surface area contributed by atoms with Crippen LogP contribution in [0.15, 0.2) is 41.8 Å². The van der Waals surface area contributed by atoms with Crippen LogP contribution < -0.4 is 0 Å². The zero-order valence-corrected chi connectivity index (χ0v) is 17.5. The van der Waals surface area contributed by atoms with E-state index in [2.05, 4.69) is 18.2 Å². The average molecular weight is 408 g/mol. The molecular formula is C23H25N3O2S. The Kier molecular flexibility index (Phi) is 4.66. The molecule has 2 aliphatic heterocycles. The summed E-state index contributed by atoms with van der Waals surface area (Å²) in [5, 5.41) is 2.05. The molecule has 1 aromatic carbocycles. The maximum Gasteiger partial charge on any atom is 0.270 e. The van der Waals surface area contributed by atoms with Crippen LogP contribution in [0.1, 0.15) is 34.5 Å². The quantitative estimate of drug-likeness (QED) is 0.651. The summed E-state index contributed by atoms with van der Waals surface area (Å²) >= 11 is 1.65. The first-order valence-electron chi connectivity index (χ1n) is 10.3. The van der Waals surface area contributed by atoms with Crippen LogP contribution >= 0.6 is 11.3 Å². The molecule has 1 saturated heterocycles. The van der Waals surface area contributed by atoms with E-state index in [1.165, 1.54) is 11.1 Å². The van der Waals surface area contributed by atoms with E-state index in [0.29, 0.717) is 18.8 Å². The van der Waals surface area contributed by atoms with Crippen LogP contribution in [0.3, 0.4) is 0 Å². The van der Waals surface area contributed by atoms with Crippen LogP contribution in [0.2, 0.25) is 0 Å². The maximum atomic E-state index is 13.2. The van der Waals surface area contributed by atoms with Crippen LogP contribution in [0, 0.1) is 5.92 Å². The zero-order valence-electron chi connectivity index (χ0n) is 16.6. The minimum Gasteiger partial charge on any atom is -0.339 e. The van der Waals surface area contributed by atoms with Gasteiger partial charge < -0.3 is 14.4 Å². The van der Waals surface area contributed by atoms with Crippen LogP contribution in [-0.2, 0) is 24.8 Å². The van der Waals surface area contributed by atoms with Gasteiger partial charge in [0, 0.05) is 33.2 Å². The Labute approximate surface area is 174 Å². The molecule has 1 fully saturated rings. The molecule has 1 atom stereocenters. The van der Waals surface area contributed by atoms with E-state index in [1.807, 2.05) is 45.0 Å². The first-order valence-corrected chi connectivity index (χ1v) is 11.2. The second kappa shape index (κ2) is 7.34. The number of piperidine rings is 1. The van der Waals surface area contributed by atoms with Gasteiger partial charge in [0.05, 0.1) is 16.1 Å². The van der Waals surface area contributed by atoms with Crippen molar-refractivity contribution in [3.8, 4) is 0 Å². The van der Waals surface area contributed by atoms with Crippen LogP contribution in [0.5, 0.6) is 0 Å². The van der Waals surface area contributed by atoms with Gasteiger partial charge in [-0.05, 0) is 47.9 Å². The number of aryl methyl sites for hydroxylation is 1. The van der Waals surface area contributed by atoms with Gasteiger partial charge in [-0.1, -0.05) is 24.3 Å². The summed E-state index contributed by atoms with van der Waals surface area (Å²) in [4.78, 5) is 30.3. The molecule has 0 N–H and O–H groups in total. The lowest BCUT2D eigenvalue weighted by molar-refractivity contribution is -0.137. The van der Waals surface area contributed by atoms with Gasteiger partial charge in [-0.3, -0.25) is 9.59 Å². The summed E-state index contributed by atoms with van der Waals surface area (Å²) in [7, 11) is 1.94. The number of carbonyl (C=O) groups excluding carboxylic acids is 2. The molecule has 3 aromatic rings. The minimum atomic E-state index is -0.0978. The molecule has 0 aliphatic carbocycles. The van der Waals surface area contributed by atoms with Crippen molar-refractivity contribution < 1.29 is 9.59 Å². The predicted octanol–water partition coefficient (Wildman–Crippen LogP) is 3.68. The number of fused-ring (bicyclic) bond motifs is 2. The SMILES string of the molecule is Cn1c(C(=O)N2CCC[C@@H](C(=O)N3CCc4ccccc4C3)C2)cc2sccc21. The molecule has 150 valence electrons. The van der Waals surface area contributed by atoms with E-state index in [-0.39, 0.29) is 17.7 Å². The third-order valence-electron chi connectivity index (χ3n) is 6.38. The number of nitrogens with zero attached hydrogens (tertiary/aromatic N) is 3. The molecule has 0 saturated carbocycles. The fraction of sp³-hybridized carbons (Fsp3) is 0.391. The first kappa shape index (κ1) is 18.4. The third-order valence-corrected chi connectivity index (χ3v) is 7.24. The Balaban J connectivity index is 1.30. The maximum absolute atomic E-state index is 13.2. The number of rotatable bonds is 2. The number of amides is 2. The summed E-state index contributed by atoms with van der Waals surface area (Å²) in [6.07, 6.45) is 2.66. The van der Waals surface area contributed by atoms with Gasteiger partial charge in [0.15, 0.2) is 0 Å². The first-order chi connectivity index (χ1) is 14.1. The normalized spacial score (nSPS) is 19.4. The molecule has 0 spiro atoms. The van der Waals surface area contributed by atoms with Crippen molar-refractivity contribution in [3.63, 3.8) is 0 Å². The highest BCUT2D eigenvalue weighted by Gasteiger charge is 2.33. The highest BCUT2D eigenvalue weighted by atomic mass is 32.1. The third kappa shape index (κ3) is 3.25. The molecular weight excluding hydrogens is 382 g/mol. The standard InChI is InChI=1S/C23H25N3O2S/c1-24-19-9-12-29-21(19)13-20(24)23(28)25-10-4-7-18(15-25)22(27)26-11-8-16-5-2-3-6-17(16)14-26/h2-3,5-6,9,12-13,18H,4,7-8,10-11,14-15H2,1H3/t18-/m1/s1. The van der Waals surface area contributed by atoms with Crippen molar-refractivity contribution in [2.75, 3.05) is 19.6 Å². The van der Waals surface area contributed by atoms with Crippen LogP contribution in [0.25, 0.3) is 10.2 Å². The fourth-order valence-electron chi connectivity index (χ4n) is 4.72. The molecule has 2 aromatic heterocycles. The average Bonchev–Trinajstić information content (AvgIpc) is 3.35. The Hall–Kier alpha value is -2.60. The van der Waals surface area contributed by atoms with E-state index in [0.717, 1.165) is 42.6 Å². The second-order valence-electron chi connectivity index (χ2n) is 8.13. The molecule has 2 amide bonds. The molecule has 0 unspecified atom stereocenters. The monoisotopic (exact) mass is 407 g/mol. The summed E-state index contributed by atoms with van der Waals surface area (Å²) in [6, 6.07) is 12.4. The van der Waals surface area contributed by atoms with Crippen LogP contribution in [-0.4, -0.2) is 45.8 Å². The lowest BCUT2D eigenvalue weighted by Gasteiger charge is -2.36. The van der Waals surface area contributed by atoms with E-state index in [4.69, 9.17) is 0 Å². The summed E-state index contributed by atoms with van der Waals surface area (Å²) in [6.45, 7) is 2.71. The van der Waals surface area contributed by atoms with Crippen molar-refractivity contribution in [1.82, 2.24) is 14.4 Å². The van der Waals surface area contributed by atoms with E-state index < -0.39 is 0 Å². The van der Waals surface area contributed by atoms with E-state index in [1.54, 1.807) is 11.3 Å². The van der Waals surface area contributed by atoms with Gasteiger partial charge in [-0.15, -0.1) is 11.3 Å². The lowest BCUT2D eigenvalue weighted by atomic mass is 9.93. The number of hydrogen-bond donors (Lipinski definition) is 0. The van der Waals surface area contributed by atoms with Gasteiger partial charge >= 0.3 is 0 Å². The smallest absolute Gasteiger partial charge is 0.270 e. The van der Waals surface area contributed by atoms with Gasteiger partial charge in [0.25, 0.3) is 5.91 Å². The summed E-state index contributed by atoms with van der Waals surface area (Å²) < 4.78 is 3.11. The Morgan fingerprint density at radius 3 is 2.72 bits per heavy atom. The molecule has 0 radical (unpaired) electrons. The number of carbonyl (C=O) groups is 2. The predicted molar refractivity (Wildman–Crippen MR) is 115 cm³/mol. The lowest BCUT2D eigenvalue weighted by Crippen LogP contribution is -2.48. The van der Waals surface area contributed by atoms with E-state index in [9.17, 15) is 9.59 Å². The molecule has 2 aliphatic rings. The molecule has 6 heteroatoms. The molecule has 5 rings (SSSR count). The number of hydrogen-bond acceptors (Lipinski definition) is 3. The summed E-state index contributed by atoms with van der Waals surface area (Å²) in [5.41, 5.74) is 4.40. The molecule has 29 heavy (non-hydrogen) atoms. The van der Waals surface area contributed by atoms with Gasteiger partial charge in [0.2, 0.25) is 5.91 Å². The number of aromatic nitrogens is 1.